The highest BCUT2D eigenvalue weighted by molar-refractivity contribution is 6.74. The van der Waals surface area contributed by atoms with Gasteiger partial charge < -0.3 is 57.7 Å². The van der Waals surface area contributed by atoms with Crippen molar-refractivity contribution in [2.45, 2.75) is 162 Å². The molecule has 0 radical (unpaired) electrons. The van der Waals surface area contributed by atoms with Crippen LogP contribution in [-0.2, 0) is 41.1 Å². The number of carbonyl (C=O) groups excluding carboxylic acids is 4. The van der Waals surface area contributed by atoms with Crippen LogP contribution >= 0.6 is 0 Å². The van der Waals surface area contributed by atoms with Crippen LogP contribution in [0.3, 0.4) is 0 Å². The van der Waals surface area contributed by atoms with E-state index >= 15 is 0 Å². The molecule has 4 atom stereocenters. The van der Waals surface area contributed by atoms with E-state index in [2.05, 4.69) is 92.4 Å². The first-order valence-electron chi connectivity index (χ1n) is 29.8. The topological polar surface area (TPSA) is 218 Å². The number of ether oxygens (including phenoxy) is 2. The second-order valence-electron chi connectivity index (χ2n) is 27.3. The van der Waals surface area contributed by atoms with E-state index in [1.807, 2.05) is 88.2 Å². The van der Waals surface area contributed by atoms with Gasteiger partial charge in [-0.2, -0.15) is 0 Å². The summed E-state index contributed by atoms with van der Waals surface area (Å²) in [5.74, 6) is 2.46. The quantitative estimate of drug-likeness (QED) is 0.0974. The van der Waals surface area contributed by atoms with Gasteiger partial charge in [0.1, 0.15) is 22.5 Å². The second-order valence-corrected chi connectivity index (χ2v) is 32.1. The van der Waals surface area contributed by atoms with Crippen molar-refractivity contribution in [3.05, 3.63) is 96.3 Å². The van der Waals surface area contributed by atoms with Crippen LogP contribution in [0.25, 0.3) is 67.2 Å². The SMILES string of the molecule is C.Cn1c(-c2cc3cccnc3n2CC2CC2)nc2cc(C(=O)N[C@H]3CN(C(=O)OC(C)(C)C)C[C@H]3O)ccc21.Cn1c(-c2cc3cccnc3n2CC2CC2)nc2cc(C(=O)N[C@H]3CN(C(=O)OC(C)(C)C)C[C@H]3O[Si](C)(C)C(C)(C)C)ccc21. The summed E-state index contributed by atoms with van der Waals surface area (Å²) in [6.07, 6.45) is 6.49. The molecule has 21 heteroatoms. The van der Waals surface area contributed by atoms with Crippen LogP contribution in [-0.4, -0.2) is 147 Å². The summed E-state index contributed by atoms with van der Waals surface area (Å²) >= 11 is 0. The third-order valence-electron chi connectivity index (χ3n) is 17.1. The molecular weight excluding hydrogens is 1100 g/mol. The lowest BCUT2D eigenvalue weighted by Gasteiger charge is -2.39. The van der Waals surface area contributed by atoms with Crippen molar-refractivity contribution >= 4 is 76.5 Å². The Bertz CT molecular complexity index is 3870. The number of benzene rings is 2. The molecule has 8 heterocycles. The number of nitrogens with zero attached hydrogens (tertiary/aromatic N) is 10. The maximum Gasteiger partial charge on any atom is 0.410 e. The van der Waals surface area contributed by atoms with Gasteiger partial charge in [0.15, 0.2) is 20.0 Å². The van der Waals surface area contributed by atoms with Gasteiger partial charge in [-0.3, -0.25) is 9.59 Å². The first-order valence-corrected chi connectivity index (χ1v) is 32.7. The summed E-state index contributed by atoms with van der Waals surface area (Å²) < 4.78 is 26.6. The molecule has 3 N–H and O–H groups in total. The van der Waals surface area contributed by atoms with E-state index in [0.717, 1.165) is 74.7 Å². The van der Waals surface area contributed by atoms with Crippen molar-refractivity contribution in [3.63, 3.8) is 0 Å². The van der Waals surface area contributed by atoms with Crippen LogP contribution in [0.1, 0.15) is 116 Å². The molecule has 2 saturated carbocycles. The number of fused-ring (bicyclic) bond motifs is 4. The fourth-order valence-electron chi connectivity index (χ4n) is 11.1. The van der Waals surface area contributed by atoms with E-state index in [0.29, 0.717) is 41.6 Å². The molecule has 2 aliphatic carbocycles. The number of likely N-dealkylation sites (tertiary alicyclic amines) is 2. The molecule has 2 saturated heterocycles. The third kappa shape index (κ3) is 13.0. The molecule has 4 amide bonds. The maximum absolute atomic E-state index is 13.8. The normalized spacial score (nSPS) is 19.2. The molecule has 8 aromatic rings. The van der Waals surface area contributed by atoms with Gasteiger partial charge in [0.2, 0.25) is 0 Å². The predicted octanol–water partition coefficient (Wildman–Crippen LogP) is 11.1. The van der Waals surface area contributed by atoms with Gasteiger partial charge in [-0.05, 0) is 170 Å². The minimum Gasteiger partial charge on any atom is -0.444 e. The molecule has 4 fully saturated rings. The first kappa shape index (κ1) is 61.5. The number of imidazole rings is 2. The van der Waals surface area contributed by atoms with Gasteiger partial charge >= 0.3 is 12.2 Å². The number of hydrogen-bond donors (Lipinski definition) is 3. The van der Waals surface area contributed by atoms with Gasteiger partial charge in [0.05, 0.1) is 70.8 Å². The van der Waals surface area contributed by atoms with Gasteiger partial charge in [0.25, 0.3) is 11.8 Å². The number of rotatable bonds is 12. The number of β-amino-alcohol motifs (C(OH)–C–C–N with tert-alkyl or cyclic N) is 1. The molecule has 20 nitrogen and oxygen atoms in total. The summed E-state index contributed by atoms with van der Waals surface area (Å²) in [4.78, 5) is 74.8. The smallest absolute Gasteiger partial charge is 0.410 e. The Hall–Kier alpha value is -7.62. The van der Waals surface area contributed by atoms with Crippen LogP contribution in [0, 0.1) is 11.8 Å². The average Bonchev–Trinajstić information content (AvgIpc) is 1.70. The minimum atomic E-state index is -2.20. The van der Waals surface area contributed by atoms with Crippen molar-refractivity contribution in [2.24, 2.45) is 25.9 Å². The van der Waals surface area contributed by atoms with Crippen LogP contribution in [0.4, 0.5) is 9.59 Å². The van der Waals surface area contributed by atoms with Gasteiger partial charge in [0, 0.05) is 74.6 Å². The number of aryl methyl sites for hydroxylation is 2. The number of aliphatic hydroxyl groups excluding tert-OH is 1. The van der Waals surface area contributed by atoms with Gasteiger partial charge in [-0.15, -0.1) is 0 Å². The number of carbonyl (C=O) groups is 4. The summed E-state index contributed by atoms with van der Waals surface area (Å²) in [5.41, 5.74) is 6.99. The first-order chi connectivity index (χ1) is 40.1. The van der Waals surface area contributed by atoms with Crippen LogP contribution in [0.15, 0.2) is 85.2 Å². The van der Waals surface area contributed by atoms with Crippen molar-refractivity contribution < 1.29 is 38.2 Å². The number of nitrogens with one attached hydrogen (secondary N) is 2. The lowest BCUT2D eigenvalue weighted by molar-refractivity contribution is 0.0262. The maximum atomic E-state index is 13.8. The Morgan fingerprint density at radius 3 is 1.47 bits per heavy atom. The van der Waals surface area contributed by atoms with Crippen LogP contribution in [0.2, 0.25) is 18.1 Å². The Balaban J connectivity index is 0.000000191. The molecule has 0 unspecified atom stereocenters. The summed E-state index contributed by atoms with van der Waals surface area (Å²) in [6.45, 7) is 24.7. The van der Waals surface area contributed by atoms with E-state index in [1.165, 1.54) is 30.6 Å². The van der Waals surface area contributed by atoms with Crippen molar-refractivity contribution in [2.75, 3.05) is 26.2 Å². The van der Waals surface area contributed by atoms with E-state index in [9.17, 15) is 24.3 Å². The predicted molar refractivity (Wildman–Crippen MR) is 337 cm³/mol. The summed E-state index contributed by atoms with van der Waals surface area (Å²) in [6, 6.07) is 22.5. The highest BCUT2D eigenvalue weighted by Crippen LogP contribution is 2.40. The Labute approximate surface area is 504 Å². The minimum absolute atomic E-state index is 0. The number of hydrogen-bond acceptors (Lipinski definition) is 12. The number of amides is 4. The van der Waals surface area contributed by atoms with Crippen LogP contribution < -0.4 is 10.6 Å². The molecule has 0 spiro atoms. The molecule has 12 rings (SSSR count). The Morgan fingerprint density at radius 2 is 1.03 bits per heavy atom. The zero-order valence-electron chi connectivity index (χ0n) is 51.4. The number of pyridine rings is 2. The molecule has 6 aromatic heterocycles. The van der Waals surface area contributed by atoms with Crippen LogP contribution in [0.5, 0.6) is 0 Å². The molecule has 2 aliphatic heterocycles. The second kappa shape index (κ2) is 23.2. The highest BCUT2D eigenvalue weighted by Gasteiger charge is 2.46. The summed E-state index contributed by atoms with van der Waals surface area (Å²) in [7, 11) is 1.80. The average molecular weight is 1190 g/mol. The zero-order valence-corrected chi connectivity index (χ0v) is 52.4. The lowest BCUT2D eigenvalue weighted by Crippen LogP contribution is -2.51. The van der Waals surface area contributed by atoms with E-state index in [1.54, 1.807) is 37.8 Å². The molecule has 0 bridgehead atoms. The Kier molecular flexibility index (Phi) is 16.6. The summed E-state index contributed by atoms with van der Waals surface area (Å²) in [5, 5.41) is 18.7. The fourth-order valence-corrected chi connectivity index (χ4v) is 12.5. The largest absolute Gasteiger partial charge is 0.444 e. The van der Waals surface area contributed by atoms with E-state index in [-0.39, 0.29) is 49.5 Å². The third-order valence-corrected chi connectivity index (χ3v) is 21.6. The molecular formula is C65H86N12O8Si. The monoisotopic (exact) mass is 1190 g/mol. The molecule has 458 valence electrons. The van der Waals surface area contributed by atoms with Gasteiger partial charge in [-0.1, -0.05) is 28.2 Å². The van der Waals surface area contributed by atoms with E-state index in [4.69, 9.17) is 23.9 Å². The van der Waals surface area contributed by atoms with Crippen molar-refractivity contribution in [1.29, 1.82) is 0 Å². The van der Waals surface area contributed by atoms with Gasteiger partial charge in [-0.25, -0.2) is 29.5 Å². The standard InChI is InChI=1S/C35H48N6O4Si.C29H34N6O4.CH4/c1-34(2,3)44-33(43)40-20-26(29(21-40)45-46(8,9)35(4,5)6)38-32(42)24-14-15-27-25(17-24)37-31(39(27)7)28-18-23-11-10-16-36-30(23)41(28)19-22-12-13-22;1-29(2,3)39-28(38)34-15-21(24(36)16-34)32-27(37)19-9-10-22-20(12-19)31-26(33(22)4)23-13-18-6-5-11-30-25(18)35(23)14-17-7-8-17;/h10-11,14-18,22,26,29H,12-13,19-21H2,1-9H3,(H,38,42);5-6,9-13,17,21,24,36H,7-8,14-16H2,1-4H3,(H,32,37);1H4/t26-,29+;21-,24+;/m00./s1. The number of aromatic nitrogens is 8. The van der Waals surface area contributed by atoms with E-state index < -0.39 is 43.9 Å². The van der Waals surface area contributed by atoms with Crippen molar-refractivity contribution in [3.8, 4) is 23.0 Å². The number of aliphatic hydroxyl groups is 1. The highest BCUT2D eigenvalue weighted by atomic mass is 28.4. The molecule has 4 aliphatic rings. The van der Waals surface area contributed by atoms with Crippen molar-refractivity contribution in [1.82, 2.24) is 58.6 Å². The Morgan fingerprint density at radius 1 is 0.605 bits per heavy atom. The fraction of sp³-hybridized carbons (Fsp3) is 0.508. The lowest BCUT2D eigenvalue weighted by atomic mass is 10.1. The molecule has 86 heavy (non-hydrogen) atoms. The zero-order chi connectivity index (χ0) is 60.7. The molecule has 2 aromatic carbocycles.